The molecule has 2 aliphatic carbocycles. The quantitative estimate of drug-likeness (QED) is 0.0634. The zero-order chi connectivity index (χ0) is 33.8. The predicted molar refractivity (Wildman–Crippen MR) is 195 cm³/mol. The minimum Gasteiger partial charge on any atom is -0.465 e. The molecule has 0 radical (unpaired) electrons. The Labute approximate surface area is 290 Å². The highest BCUT2D eigenvalue weighted by atomic mass is 16.5. The second kappa shape index (κ2) is 28.7. The van der Waals surface area contributed by atoms with Gasteiger partial charge in [0.1, 0.15) is 0 Å². The molecule has 0 unspecified atom stereocenters. The van der Waals surface area contributed by atoms with Crippen molar-refractivity contribution in [3.63, 3.8) is 0 Å². The predicted octanol–water partition coefficient (Wildman–Crippen LogP) is 10.4. The van der Waals surface area contributed by atoms with Gasteiger partial charge < -0.3 is 19.5 Å². The van der Waals surface area contributed by atoms with Crippen molar-refractivity contribution in [2.45, 2.75) is 187 Å². The summed E-state index contributed by atoms with van der Waals surface area (Å²) in [5, 5.41) is 9.35. The maximum absolute atomic E-state index is 12.5. The van der Waals surface area contributed by atoms with Crippen LogP contribution in [-0.2, 0) is 19.1 Å². The number of ether oxygens (including phenoxy) is 2. The van der Waals surface area contributed by atoms with E-state index in [0.29, 0.717) is 13.2 Å². The Balaban J connectivity index is 1.41. The standard InChI is InChI=1S/C41H77NO5/c1-3-5-13-20-36-22-26-38(27-23-36)40(44)46-34-17-11-7-9-15-30-42(32-19-33-43)31-16-10-8-12-18-35-47-41(45)39-28-24-37(25-29-39)21-14-6-4-2/h36-39,43H,3-35H2,1-2H3. The molecule has 0 atom stereocenters. The van der Waals surface area contributed by atoms with Crippen molar-refractivity contribution < 1.29 is 24.2 Å². The highest BCUT2D eigenvalue weighted by Gasteiger charge is 2.28. The number of carbonyl (C=O) groups is 2. The van der Waals surface area contributed by atoms with Gasteiger partial charge in [0.2, 0.25) is 0 Å². The molecule has 1 N–H and O–H groups in total. The van der Waals surface area contributed by atoms with Crippen molar-refractivity contribution in [2.75, 3.05) is 39.5 Å². The summed E-state index contributed by atoms with van der Waals surface area (Å²) in [5.74, 6) is 2.07. The average molecular weight is 664 g/mol. The van der Waals surface area contributed by atoms with Crippen LogP contribution in [-0.4, -0.2) is 61.4 Å². The van der Waals surface area contributed by atoms with Crippen LogP contribution in [0.15, 0.2) is 0 Å². The van der Waals surface area contributed by atoms with Crippen LogP contribution in [0.4, 0.5) is 0 Å². The fourth-order valence-corrected chi connectivity index (χ4v) is 7.89. The zero-order valence-electron chi connectivity index (χ0n) is 31.2. The van der Waals surface area contributed by atoms with Gasteiger partial charge in [0.25, 0.3) is 0 Å². The third-order valence-electron chi connectivity index (χ3n) is 11.2. The van der Waals surface area contributed by atoms with Gasteiger partial charge in [-0.1, -0.05) is 104 Å². The Morgan fingerprint density at radius 2 is 0.894 bits per heavy atom. The van der Waals surface area contributed by atoms with Crippen molar-refractivity contribution in [3.8, 4) is 0 Å². The van der Waals surface area contributed by atoms with Gasteiger partial charge in [-0.25, -0.2) is 0 Å². The minimum atomic E-state index is 0.0561. The van der Waals surface area contributed by atoms with Gasteiger partial charge >= 0.3 is 11.9 Å². The highest BCUT2D eigenvalue weighted by molar-refractivity contribution is 5.72. The summed E-state index contributed by atoms with van der Waals surface area (Å²) in [6.07, 6.45) is 31.8. The van der Waals surface area contributed by atoms with Gasteiger partial charge in [0.15, 0.2) is 0 Å². The van der Waals surface area contributed by atoms with Gasteiger partial charge in [-0.05, 0) is 108 Å². The first kappa shape index (κ1) is 42.0. The number of carbonyl (C=O) groups excluding carboxylic acids is 2. The molecule has 6 heteroatoms. The van der Waals surface area contributed by atoms with Crippen LogP contribution < -0.4 is 0 Å². The molecule has 276 valence electrons. The lowest BCUT2D eigenvalue weighted by Crippen LogP contribution is -2.28. The average Bonchev–Trinajstić information content (AvgIpc) is 3.09. The van der Waals surface area contributed by atoms with Crippen LogP contribution in [0.25, 0.3) is 0 Å². The van der Waals surface area contributed by atoms with Crippen LogP contribution in [0.2, 0.25) is 0 Å². The number of esters is 2. The van der Waals surface area contributed by atoms with Gasteiger partial charge in [-0.2, -0.15) is 0 Å². The monoisotopic (exact) mass is 664 g/mol. The molecule has 2 saturated carbocycles. The number of aliphatic hydroxyl groups is 1. The lowest BCUT2D eigenvalue weighted by atomic mass is 9.80. The smallest absolute Gasteiger partial charge is 0.308 e. The Bertz CT molecular complexity index is 686. The normalized spacial score (nSPS) is 21.6. The van der Waals surface area contributed by atoms with Crippen molar-refractivity contribution in [1.29, 1.82) is 0 Å². The van der Waals surface area contributed by atoms with Crippen molar-refractivity contribution in [2.24, 2.45) is 23.7 Å². The van der Waals surface area contributed by atoms with Gasteiger partial charge in [-0.3, -0.25) is 9.59 Å². The Morgan fingerprint density at radius 1 is 0.511 bits per heavy atom. The number of hydrogen-bond acceptors (Lipinski definition) is 6. The van der Waals surface area contributed by atoms with Gasteiger partial charge in [-0.15, -0.1) is 0 Å². The molecule has 0 aromatic carbocycles. The SMILES string of the molecule is CCCCCC1CCC(C(=O)OCCCCCCCN(CCCO)CCCCCCCOC(=O)C2CCC(CCCCC)CC2)CC1. The van der Waals surface area contributed by atoms with Crippen LogP contribution in [0, 0.1) is 23.7 Å². The van der Waals surface area contributed by atoms with E-state index in [1.54, 1.807) is 0 Å². The molecule has 0 heterocycles. The molecule has 0 saturated heterocycles. The molecular weight excluding hydrogens is 586 g/mol. The lowest BCUT2D eigenvalue weighted by Gasteiger charge is -2.27. The molecule has 0 bridgehead atoms. The number of nitrogens with zero attached hydrogens (tertiary/aromatic N) is 1. The molecular formula is C41H77NO5. The van der Waals surface area contributed by atoms with E-state index in [1.165, 1.54) is 116 Å². The molecule has 2 rings (SSSR count). The second-order valence-electron chi connectivity index (χ2n) is 15.2. The summed E-state index contributed by atoms with van der Waals surface area (Å²) < 4.78 is 11.3. The van der Waals surface area contributed by atoms with E-state index in [-0.39, 0.29) is 30.4 Å². The molecule has 0 spiro atoms. The van der Waals surface area contributed by atoms with Crippen molar-refractivity contribution >= 4 is 11.9 Å². The topological polar surface area (TPSA) is 76.1 Å². The van der Waals surface area contributed by atoms with Crippen molar-refractivity contribution in [3.05, 3.63) is 0 Å². The van der Waals surface area contributed by atoms with E-state index >= 15 is 0 Å². The summed E-state index contributed by atoms with van der Waals surface area (Å²) in [6.45, 7) is 9.13. The molecule has 2 aliphatic rings. The van der Waals surface area contributed by atoms with E-state index < -0.39 is 0 Å². The second-order valence-corrected chi connectivity index (χ2v) is 15.2. The van der Waals surface area contributed by atoms with Crippen LogP contribution >= 0.6 is 0 Å². The Kier molecular flexibility index (Phi) is 25.6. The van der Waals surface area contributed by atoms with Crippen LogP contribution in [0.5, 0.6) is 0 Å². The molecule has 0 aromatic heterocycles. The fraction of sp³-hybridized carbons (Fsp3) is 0.951. The highest BCUT2D eigenvalue weighted by Crippen LogP contribution is 2.34. The van der Waals surface area contributed by atoms with E-state index in [1.807, 2.05) is 0 Å². The summed E-state index contributed by atoms with van der Waals surface area (Å²) in [7, 11) is 0. The zero-order valence-corrected chi connectivity index (χ0v) is 31.2. The van der Waals surface area contributed by atoms with E-state index in [4.69, 9.17) is 9.47 Å². The largest absolute Gasteiger partial charge is 0.465 e. The molecule has 0 aliphatic heterocycles. The first-order chi connectivity index (χ1) is 23.1. The Morgan fingerprint density at radius 3 is 1.30 bits per heavy atom. The third kappa shape index (κ3) is 20.9. The number of unbranched alkanes of at least 4 members (excludes halogenated alkanes) is 12. The summed E-state index contributed by atoms with van der Waals surface area (Å²) in [5.41, 5.74) is 0. The van der Waals surface area contributed by atoms with Gasteiger partial charge in [0, 0.05) is 13.2 Å². The summed E-state index contributed by atoms with van der Waals surface area (Å²) in [6, 6.07) is 0. The number of hydrogen-bond donors (Lipinski definition) is 1. The Hall–Kier alpha value is -1.14. The summed E-state index contributed by atoms with van der Waals surface area (Å²) in [4.78, 5) is 27.5. The lowest BCUT2D eigenvalue weighted by molar-refractivity contribution is -0.151. The molecule has 47 heavy (non-hydrogen) atoms. The first-order valence-electron chi connectivity index (χ1n) is 20.7. The van der Waals surface area contributed by atoms with Crippen LogP contribution in [0.3, 0.4) is 0 Å². The molecule has 0 aromatic rings. The van der Waals surface area contributed by atoms with Crippen molar-refractivity contribution in [1.82, 2.24) is 4.90 Å². The van der Waals surface area contributed by atoms with Gasteiger partial charge in [0.05, 0.1) is 25.0 Å². The van der Waals surface area contributed by atoms with Crippen LogP contribution in [0.1, 0.15) is 187 Å². The minimum absolute atomic E-state index is 0.0561. The third-order valence-corrected chi connectivity index (χ3v) is 11.2. The maximum Gasteiger partial charge on any atom is 0.308 e. The van der Waals surface area contributed by atoms with E-state index in [9.17, 15) is 14.7 Å². The fourth-order valence-electron chi connectivity index (χ4n) is 7.89. The molecule has 0 amide bonds. The first-order valence-corrected chi connectivity index (χ1v) is 20.7. The number of rotatable bonds is 29. The number of aliphatic hydroxyl groups excluding tert-OH is 1. The van der Waals surface area contributed by atoms with E-state index in [2.05, 4.69) is 18.7 Å². The molecule has 6 nitrogen and oxygen atoms in total. The summed E-state index contributed by atoms with van der Waals surface area (Å²) >= 11 is 0. The molecule has 2 fully saturated rings. The maximum atomic E-state index is 12.5. The van der Waals surface area contributed by atoms with E-state index in [0.717, 1.165) is 89.3 Å².